The second-order valence-corrected chi connectivity index (χ2v) is 6.37. The molecule has 150 valence electrons. The molecule has 0 aliphatic heterocycles. The number of hydrogen-bond donors (Lipinski definition) is 1. The van der Waals surface area contributed by atoms with Crippen molar-refractivity contribution < 1.29 is 18.7 Å². The van der Waals surface area contributed by atoms with Gasteiger partial charge in [0.1, 0.15) is 5.82 Å². The average molecular weight is 395 g/mol. The SMILES string of the molecule is COc1ccccc1OCC(=O)N/N=C\c1cc(C)n(-c2ccc(F)cc2)c1C. The van der Waals surface area contributed by atoms with Crippen LogP contribution in [-0.2, 0) is 4.79 Å². The second-order valence-electron chi connectivity index (χ2n) is 6.37. The first-order chi connectivity index (χ1) is 14.0. The van der Waals surface area contributed by atoms with E-state index in [0.717, 1.165) is 22.6 Å². The van der Waals surface area contributed by atoms with E-state index in [1.165, 1.54) is 19.2 Å². The molecule has 1 amide bonds. The third-order valence-electron chi connectivity index (χ3n) is 4.38. The Labute approximate surface area is 168 Å². The highest BCUT2D eigenvalue weighted by Crippen LogP contribution is 2.25. The van der Waals surface area contributed by atoms with E-state index < -0.39 is 0 Å². The number of ether oxygens (including phenoxy) is 2. The summed E-state index contributed by atoms with van der Waals surface area (Å²) >= 11 is 0. The number of benzene rings is 2. The number of para-hydroxylation sites is 2. The lowest BCUT2D eigenvalue weighted by Crippen LogP contribution is -2.24. The van der Waals surface area contributed by atoms with Crippen LogP contribution < -0.4 is 14.9 Å². The molecule has 3 rings (SSSR count). The zero-order chi connectivity index (χ0) is 20.8. The van der Waals surface area contributed by atoms with Crippen molar-refractivity contribution in [3.05, 3.63) is 77.4 Å². The highest BCUT2D eigenvalue weighted by atomic mass is 19.1. The van der Waals surface area contributed by atoms with E-state index in [4.69, 9.17) is 9.47 Å². The third-order valence-corrected chi connectivity index (χ3v) is 4.38. The van der Waals surface area contributed by atoms with Gasteiger partial charge in [-0.05, 0) is 56.3 Å². The quantitative estimate of drug-likeness (QED) is 0.489. The van der Waals surface area contributed by atoms with E-state index in [-0.39, 0.29) is 18.3 Å². The van der Waals surface area contributed by atoms with Crippen LogP contribution in [0.15, 0.2) is 59.7 Å². The van der Waals surface area contributed by atoms with Crippen molar-refractivity contribution in [1.82, 2.24) is 9.99 Å². The molecule has 0 spiro atoms. The van der Waals surface area contributed by atoms with E-state index in [1.54, 1.807) is 36.5 Å². The van der Waals surface area contributed by atoms with Crippen molar-refractivity contribution in [3.8, 4) is 17.2 Å². The van der Waals surface area contributed by atoms with Crippen molar-refractivity contribution in [2.45, 2.75) is 13.8 Å². The van der Waals surface area contributed by atoms with Crippen LogP contribution in [0.2, 0.25) is 0 Å². The number of halogens is 1. The molecule has 0 unspecified atom stereocenters. The number of nitrogens with one attached hydrogen (secondary N) is 1. The highest BCUT2D eigenvalue weighted by Gasteiger charge is 2.10. The van der Waals surface area contributed by atoms with Crippen LogP contribution in [0.5, 0.6) is 11.5 Å². The first-order valence-electron chi connectivity index (χ1n) is 9.02. The maximum absolute atomic E-state index is 13.2. The summed E-state index contributed by atoms with van der Waals surface area (Å²) in [6.07, 6.45) is 1.57. The number of rotatable bonds is 7. The fourth-order valence-electron chi connectivity index (χ4n) is 2.99. The van der Waals surface area contributed by atoms with Crippen LogP contribution in [0.3, 0.4) is 0 Å². The van der Waals surface area contributed by atoms with Crippen molar-refractivity contribution >= 4 is 12.1 Å². The summed E-state index contributed by atoms with van der Waals surface area (Å²) in [5, 5.41) is 4.01. The topological polar surface area (TPSA) is 64.8 Å². The summed E-state index contributed by atoms with van der Waals surface area (Å²) < 4.78 is 25.8. The molecule has 0 radical (unpaired) electrons. The van der Waals surface area contributed by atoms with Gasteiger partial charge in [0, 0.05) is 22.6 Å². The van der Waals surface area contributed by atoms with Crippen LogP contribution in [0, 0.1) is 19.7 Å². The number of carbonyl (C=O) groups excluding carboxylic acids is 1. The average Bonchev–Trinajstić information content (AvgIpc) is 3.00. The van der Waals surface area contributed by atoms with Gasteiger partial charge in [-0.1, -0.05) is 12.1 Å². The fraction of sp³-hybridized carbons (Fsp3) is 0.182. The van der Waals surface area contributed by atoms with Gasteiger partial charge in [0.15, 0.2) is 18.1 Å². The van der Waals surface area contributed by atoms with Gasteiger partial charge in [0.2, 0.25) is 0 Å². The Kier molecular flexibility index (Phi) is 6.29. The zero-order valence-electron chi connectivity index (χ0n) is 16.5. The summed E-state index contributed by atoms with van der Waals surface area (Å²) in [6, 6.07) is 15.3. The van der Waals surface area contributed by atoms with Crippen molar-refractivity contribution in [3.63, 3.8) is 0 Å². The second kappa shape index (κ2) is 9.05. The van der Waals surface area contributed by atoms with Gasteiger partial charge in [-0.15, -0.1) is 0 Å². The maximum Gasteiger partial charge on any atom is 0.277 e. The van der Waals surface area contributed by atoms with Crippen molar-refractivity contribution in [2.75, 3.05) is 13.7 Å². The summed E-state index contributed by atoms with van der Waals surface area (Å²) in [5.74, 6) is 0.365. The molecule has 7 heteroatoms. The van der Waals surface area contributed by atoms with Crippen LogP contribution in [0.4, 0.5) is 4.39 Å². The van der Waals surface area contributed by atoms with E-state index in [2.05, 4.69) is 10.5 Å². The van der Waals surface area contributed by atoms with Gasteiger partial charge in [-0.3, -0.25) is 4.79 Å². The van der Waals surface area contributed by atoms with Gasteiger partial charge in [0.05, 0.1) is 13.3 Å². The van der Waals surface area contributed by atoms with Gasteiger partial charge in [-0.25, -0.2) is 9.82 Å². The number of aromatic nitrogens is 1. The summed E-state index contributed by atoms with van der Waals surface area (Å²) in [5.41, 5.74) is 6.05. The number of nitrogens with zero attached hydrogens (tertiary/aromatic N) is 2. The highest BCUT2D eigenvalue weighted by molar-refractivity contribution is 5.84. The predicted molar refractivity (Wildman–Crippen MR) is 109 cm³/mol. The monoisotopic (exact) mass is 395 g/mol. The van der Waals surface area contributed by atoms with E-state index in [9.17, 15) is 9.18 Å². The van der Waals surface area contributed by atoms with Crippen LogP contribution in [0.25, 0.3) is 5.69 Å². The number of amides is 1. The normalized spacial score (nSPS) is 10.9. The largest absolute Gasteiger partial charge is 0.493 e. The number of aryl methyl sites for hydroxylation is 1. The fourth-order valence-corrected chi connectivity index (χ4v) is 2.99. The van der Waals surface area contributed by atoms with Gasteiger partial charge < -0.3 is 14.0 Å². The summed E-state index contributed by atoms with van der Waals surface area (Å²) in [6.45, 7) is 3.70. The van der Waals surface area contributed by atoms with E-state index >= 15 is 0 Å². The molecule has 29 heavy (non-hydrogen) atoms. The summed E-state index contributed by atoms with van der Waals surface area (Å²) in [4.78, 5) is 12.0. The Morgan fingerprint density at radius 3 is 2.52 bits per heavy atom. The minimum atomic E-state index is -0.389. The Morgan fingerprint density at radius 1 is 1.14 bits per heavy atom. The molecule has 1 N–H and O–H groups in total. The molecular formula is C22H22FN3O3. The van der Waals surface area contributed by atoms with Gasteiger partial charge in [0.25, 0.3) is 5.91 Å². The van der Waals surface area contributed by atoms with E-state index in [0.29, 0.717) is 11.5 Å². The molecule has 0 aliphatic carbocycles. The molecule has 0 saturated heterocycles. The molecule has 3 aromatic rings. The summed E-state index contributed by atoms with van der Waals surface area (Å²) in [7, 11) is 1.54. The third kappa shape index (κ3) is 4.82. The minimum Gasteiger partial charge on any atom is -0.493 e. The molecule has 0 bridgehead atoms. The molecule has 1 aromatic heterocycles. The van der Waals surface area contributed by atoms with Crippen molar-refractivity contribution in [2.24, 2.45) is 5.10 Å². The molecule has 6 nitrogen and oxygen atoms in total. The lowest BCUT2D eigenvalue weighted by atomic mass is 10.2. The number of carbonyl (C=O) groups is 1. The lowest BCUT2D eigenvalue weighted by molar-refractivity contribution is -0.123. The van der Waals surface area contributed by atoms with E-state index in [1.807, 2.05) is 30.5 Å². The van der Waals surface area contributed by atoms with Crippen LogP contribution >= 0.6 is 0 Å². The number of hydrazone groups is 1. The molecular weight excluding hydrogens is 373 g/mol. The Morgan fingerprint density at radius 2 is 1.83 bits per heavy atom. The van der Waals surface area contributed by atoms with Crippen molar-refractivity contribution in [1.29, 1.82) is 0 Å². The predicted octanol–water partition coefficient (Wildman–Crippen LogP) is 3.77. The zero-order valence-corrected chi connectivity index (χ0v) is 16.5. The minimum absolute atomic E-state index is 0.188. The standard InChI is InChI=1S/C22H22FN3O3/c1-15-12-17(16(2)26(15)19-10-8-18(23)9-11-19)13-24-25-22(27)14-29-21-7-5-4-6-20(21)28-3/h4-13H,14H2,1-3H3,(H,25,27)/b24-13-. The molecule has 2 aromatic carbocycles. The first kappa shape index (κ1) is 20.1. The molecule has 1 heterocycles. The lowest BCUT2D eigenvalue weighted by Gasteiger charge is -2.09. The smallest absolute Gasteiger partial charge is 0.277 e. The number of methoxy groups -OCH3 is 1. The molecule has 0 aliphatic rings. The van der Waals surface area contributed by atoms with Gasteiger partial charge >= 0.3 is 0 Å². The maximum atomic E-state index is 13.2. The molecule has 0 saturated carbocycles. The Hall–Kier alpha value is -3.61. The van der Waals surface area contributed by atoms with Crippen LogP contribution in [-0.4, -0.2) is 30.4 Å². The first-order valence-corrected chi connectivity index (χ1v) is 9.02. The molecule has 0 atom stereocenters. The Bertz CT molecular complexity index is 1030. The van der Waals surface area contributed by atoms with Crippen LogP contribution in [0.1, 0.15) is 17.0 Å². The Balaban J connectivity index is 1.62. The van der Waals surface area contributed by atoms with Gasteiger partial charge in [-0.2, -0.15) is 5.10 Å². The number of hydrogen-bond acceptors (Lipinski definition) is 4. The molecule has 0 fully saturated rings.